The van der Waals surface area contributed by atoms with Crippen LogP contribution in [0.1, 0.15) is 31.4 Å². The van der Waals surface area contributed by atoms with Crippen LogP contribution >= 0.6 is 0 Å². The first-order valence-electron chi connectivity index (χ1n) is 9.76. The zero-order valence-electron chi connectivity index (χ0n) is 16.3. The lowest BCUT2D eigenvalue weighted by Crippen LogP contribution is -2.32. The van der Waals surface area contributed by atoms with E-state index >= 15 is 0 Å². The van der Waals surface area contributed by atoms with E-state index in [0.29, 0.717) is 13.2 Å². The fourth-order valence-electron chi connectivity index (χ4n) is 3.56. The van der Waals surface area contributed by atoms with E-state index in [1.54, 1.807) is 0 Å². The molecule has 27 heavy (non-hydrogen) atoms. The van der Waals surface area contributed by atoms with Gasteiger partial charge in [-0.1, -0.05) is 66.7 Å². The molecule has 0 aliphatic carbocycles. The van der Waals surface area contributed by atoms with Crippen LogP contribution in [-0.2, 0) is 27.4 Å². The van der Waals surface area contributed by atoms with Crippen molar-refractivity contribution in [3.05, 3.63) is 84.4 Å². The number of benzene rings is 2. The second kappa shape index (κ2) is 9.84. The van der Waals surface area contributed by atoms with Crippen LogP contribution in [0.25, 0.3) is 0 Å². The van der Waals surface area contributed by atoms with Gasteiger partial charge in [-0.3, -0.25) is 0 Å². The Morgan fingerprint density at radius 3 is 1.96 bits per heavy atom. The molecule has 1 aliphatic rings. The lowest BCUT2D eigenvalue weighted by Gasteiger charge is -2.25. The first-order valence-corrected chi connectivity index (χ1v) is 9.76. The molecule has 144 valence electrons. The lowest BCUT2D eigenvalue weighted by molar-refractivity contribution is -0.110. The van der Waals surface area contributed by atoms with Gasteiger partial charge in [0.2, 0.25) is 0 Å². The fourth-order valence-corrected chi connectivity index (χ4v) is 3.56. The van der Waals surface area contributed by atoms with E-state index in [0.717, 1.165) is 6.42 Å². The van der Waals surface area contributed by atoms with Gasteiger partial charge in [0.1, 0.15) is 0 Å². The lowest BCUT2D eigenvalue weighted by atomic mass is 9.95. The summed E-state index contributed by atoms with van der Waals surface area (Å²) in [5.41, 5.74) is 2.35. The van der Waals surface area contributed by atoms with Crippen molar-refractivity contribution in [1.29, 1.82) is 0 Å². The van der Waals surface area contributed by atoms with Crippen LogP contribution in [0.4, 0.5) is 0 Å². The van der Waals surface area contributed by atoms with Crippen molar-refractivity contribution in [2.24, 2.45) is 5.92 Å². The molecule has 2 aromatic rings. The van der Waals surface area contributed by atoms with Crippen molar-refractivity contribution >= 4 is 0 Å². The first-order chi connectivity index (χ1) is 13.2. The molecule has 0 spiro atoms. The topological polar surface area (TPSA) is 27.7 Å². The Bertz CT molecular complexity index is 685. The quantitative estimate of drug-likeness (QED) is 0.574. The second-order valence-corrected chi connectivity index (χ2v) is 7.28. The summed E-state index contributed by atoms with van der Waals surface area (Å²) in [7, 11) is 0. The molecule has 0 aromatic heterocycles. The maximum absolute atomic E-state index is 6.34. The van der Waals surface area contributed by atoms with E-state index in [1.807, 2.05) is 42.5 Å². The van der Waals surface area contributed by atoms with Gasteiger partial charge in [0.05, 0.1) is 37.6 Å². The van der Waals surface area contributed by atoms with Crippen molar-refractivity contribution < 1.29 is 14.2 Å². The third kappa shape index (κ3) is 5.52. The molecule has 3 nitrogen and oxygen atoms in total. The molecule has 0 bridgehead atoms. The third-order valence-electron chi connectivity index (χ3n) is 5.26. The summed E-state index contributed by atoms with van der Waals surface area (Å²) in [6.07, 6.45) is 3.02. The molecule has 0 saturated carbocycles. The van der Waals surface area contributed by atoms with Crippen LogP contribution in [0.15, 0.2) is 73.3 Å². The Morgan fingerprint density at radius 1 is 0.926 bits per heavy atom. The number of ether oxygens (including phenoxy) is 3. The van der Waals surface area contributed by atoms with E-state index < -0.39 is 0 Å². The molecule has 1 heterocycles. The molecule has 1 aliphatic heterocycles. The highest BCUT2D eigenvalue weighted by atomic mass is 16.6. The molecule has 3 heteroatoms. The minimum absolute atomic E-state index is 0.000436. The van der Waals surface area contributed by atoms with Gasteiger partial charge in [0.15, 0.2) is 0 Å². The zero-order chi connectivity index (χ0) is 19.1. The van der Waals surface area contributed by atoms with E-state index in [-0.39, 0.29) is 30.3 Å². The maximum atomic E-state index is 6.34. The Kier molecular flexibility index (Phi) is 7.22. The van der Waals surface area contributed by atoms with Gasteiger partial charge in [-0.2, -0.15) is 0 Å². The minimum Gasteiger partial charge on any atom is -0.371 e. The SMILES string of the molecule is C=C[C@H]1C[C@@H](C(C)OCc2ccccc2)O[C@H]1C(C)OCc1ccccc1. The van der Waals surface area contributed by atoms with Gasteiger partial charge in [0, 0.05) is 5.92 Å². The van der Waals surface area contributed by atoms with Crippen molar-refractivity contribution in [3.63, 3.8) is 0 Å². The summed E-state index contributed by atoms with van der Waals surface area (Å²) in [4.78, 5) is 0. The molecule has 5 atom stereocenters. The van der Waals surface area contributed by atoms with Crippen LogP contribution < -0.4 is 0 Å². The maximum Gasteiger partial charge on any atom is 0.0902 e. The highest BCUT2D eigenvalue weighted by molar-refractivity contribution is 5.14. The van der Waals surface area contributed by atoms with E-state index in [2.05, 4.69) is 44.7 Å². The summed E-state index contributed by atoms with van der Waals surface area (Å²) in [6, 6.07) is 20.5. The third-order valence-corrected chi connectivity index (χ3v) is 5.26. The molecule has 1 fully saturated rings. The van der Waals surface area contributed by atoms with Gasteiger partial charge >= 0.3 is 0 Å². The molecule has 3 rings (SSSR count). The van der Waals surface area contributed by atoms with Crippen molar-refractivity contribution in [2.75, 3.05) is 0 Å². The summed E-state index contributed by atoms with van der Waals surface area (Å²) in [5, 5.41) is 0. The van der Waals surface area contributed by atoms with Gasteiger partial charge in [0.25, 0.3) is 0 Å². The van der Waals surface area contributed by atoms with E-state index in [1.165, 1.54) is 11.1 Å². The van der Waals surface area contributed by atoms with Crippen LogP contribution in [0.5, 0.6) is 0 Å². The van der Waals surface area contributed by atoms with Crippen LogP contribution in [-0.4, -0.2) is 24.4 Å². The molecular weight excluding hydrogens is 336 g/mol. The monoisotopic (exact) mass is 366 g/mol. The Hall–Kier alpha value is -1.94. The van der Waals surface area contributed by atoms with Gasteiger partial charge in [-0.05, 0) is 31.4 Å². The number of hydrogen-bond donors (Lipinski definition) is 0. The molecule has 2 unspecified atom stereocenters. The van der Waals surface area contributed by atoms with Gasteiger partial charge in [-0.15, -0.1) is 6.58 Å². The second-order valence-electron chi connectivity index (χ2n) is 7.28. The first kappa shape index (κ1) is 19.8. The van der Waals surface area contributed by atoms with Crippen LogP contribution in [0.3, 0.4) is 0 Å². The van der Waals surface area contributed by atoms with E-state index in [4.69, 9.17) is 14.2 Å². The molecule has 0 radical (unpaired) electrons. The van der Waals surface area contributed by atoms with Gasteiger partial charge in [-0.25, -0.2) is 0 Å². The van der Waals surface area contributed by atoms with Crippen molar-refractivity contribution in [2.45, 2.75) is 57.9 Å². The summed E-state index contributed by atoms with van der Waals surface area (Å²) in [6.45, 7) is 9.38. The molecular formula is C24H30O3. The van der Waals surface area contributed by atoms with Crippen LogP contribution in [0, 0.1) is 5.92 Å². The Labute approximate surface area is 163 Å². The fraction of sp³-hybridized carbons (Fsp3) is 0.417. The van der Waals surface area contributed by atoms with Crippen LogP contribution in [0.2, 0.25) is 0 Å². The largest absolute Gasteiger partial charge is 0.371 e. The van der Waals surface area contributed by atoms with E-state index in [9.17, 15) is 0 Å². The standard InChI is InChI=1S/C24H30O3/c1-4-22-15-23(18(2)25-16-20-11-7-5-8-12-20)27-24(22)19(3)26-17-21-13-9-6-10-14-21/h4-14,18-19,22-24H,1,15-17H2,2-3H3/t18?,19?,22-,23-,24-/m0/s1. The zero-order valence-corrected chi connectivity index (χ0v) is 16.3. The van der Waals surface area contributed by atoms with Crippen molar-refractivity contribution in [1.82, 2.24) is 0 Å². The Morgan fingerprint density at radius 2 is 1.44 bits per heavy atom. The summed E-state index contributed by atoms with van der Waals surface area (Å²) >= 11 is 0. The number of rotatable bonds is 9. The normalized spacial score (nSPS) is 24.4. The molecule has 0 N–H and O–H groups in total. The van der Waals surface area contributed by atoms with Gasteiger partial charge < -0.3 is 14.2 Å². The average molecular weight is 367 g/mol. The summed E-state index contributed by atoms with van der Waals surface area (Å²) in [5.74, 6) is 0.281. The van der Waals surface area contributed by atoms with Crippen molar-refractivity contribution in [3.8, 4) is 0 Å². The predicted octanol–water partition coefficient (Wildman–Crippen LogP) is 5.16. The minimum atomic E-state index is -0.000436. The smallest absolute Gasteiger partial charge is 0.0902 e. The molecule has 2 aromatic carbocycles. The predicted molar refractivity (Wildman–Crippen MR) is 108 cm³/mol. The highest BCUT2D eigenvalue weighted by Crippen LogP contribution is 2.33. The summed E-state index contributed by atoms with van der Waals surface area (Å²) < 4.78 is 18.5. The number of hydrogen-bond acceptors (Lipinski definition) is 3. The Balaban J connectivity index is 1.51. The average Bonchev–Trinajstić information content (AvgIpc) is 3.16. The molecule has 0 amide bonds. The molecule has 1 saturated heterocycles. The highest BCUT2D eigenvalue weighted by Gasteiger charge is 2.39.